The summed E-state index contributed by atoms with van der Waals surface area (Å²) in [5.41, 5.74) is 6.62. The number of hydrazone groups is 1. The number of anilines is 1. The number of hydrogen-bond acceptors (Lipinski definition) is 6. The second-order valence-electron chi connectivity index (χ2n) is 7.51. The van der Waals surface area contributed by atoms with Crippen molar-refractivity contribution in [3.63, 3.8) is 0 Å². The largest absolute Gasteiger partial charge is 0.293 e. The van der Waals surface area contributed by atoms with Gasteiger partial charge in [0, 0.05) is 11.1 Å². The Morgan fingerprint density at radius 3 is 2.46 bits per heavy atom. The van der Waals surface area contributed by atoms with Gasteiger partial charge in [0.15, 0.2) is 11.6 Å². The number of hydrogen-bond donors (Lipinski definition) is 1. The molecule has 2 aromatic carbocycles. The number of rotatable bonds is 5. The van der Waals surface area contributed by atoms with Crippen molar-refractivity contribution in [1.29, 1.82) is 0 Å². The smallest absolute Gasteiger partial charge is 0.204 e. The molecule has 3 aromatic rings. The molecule has 4 rings (SSSR count). The summed E-state index contributed by atoms with van der Waals surface area (Å²) in [4.78, 5) is 30.3. The maximum Gasteiger partial charge on any atom is 0.204 e. The fourth-order valence-electron chi connectivity index (χ4n) is 3.49. The Morgan fingerprint density at radius 1 is 1.14 bits per heavy atom. The number of fused-ring (bicyclic) bond motifs is 2. The first kappa shape index (κ1) is 18.5. The van der Waals surface area contributed by atoms with Gasteiger partial charge in [0.05, 0.1) is 15.9 Å². The number of thiazole rings is 1. The number of carbonyl (C=O) groups excluding carboxylic acids is 2. The highest BCUT2D eigenvalue weighted by molar-refractivity contribution is 7.22. The van der Waals surface area contributed by atoms with Crippen LogP contribution in [0.25, 0.3) is 10.2 Å². The van der Waals surface area contributed by atoms with Crippen molar-refractivity contribution in [2.45, 2.75) is 27.2 Å². The van der Waals surface area contributed by atoms with E-state index in [0.717, 1.165) is 10.2 Å². The third-order valence-electron chi connectivity index (χ3n) is 4.77. The number of carbonyl (C=O) groups is 2. The van der Waals surface area contributed by atoms with E-state index < -0.39 is 5.92 Å². The van der Waals surface area contributed by atoms with Crippen LogP contribution in [0.15, 0.2) is 47.6 Å². The SMILES string of the molecule is Cc1ccc2nc(NN=C(CC(C)C)C3C(=O)c4ccccc4C3=O)sc2c1. The molecule has 0 aliphatic heterocycles. The summed E-state index contributed by atoms with van der Waals surface area (Å²) in [5, 5.41) is 5.14. The van der Waals surface area contributed by atoms with Crippen LogP contribution in [-0.2, 0) is 0 Å². The molecule has 0 unspecified atom stereocenters. The number of aromatic nitrogens is 1. The molecular weight excluding hydrogens is 370 g/mol. The van der Waals surface area contributed by atoms with Crippen molar-refractivity contribution < 1.29 is 9.59 Å². The number of benzene rings is 2. The monoisotopic (exact) mass is 391 g/mol. The van der Waals surface area contributed by atoms with E-state index in [1.54, 1.807) is 24.3 Å². The van der Waals surface area contributed by atoms with E-state index in [0.29, 0.717) is 28.4 Å². The Bertz CT molecular complexity index is 1080. The lowest BCUT2D eigenvalue weighted by Gasteiger charge is -2.13. The summed E-state index contributed by atoms with van der Waals surface area (Å²) in [6.07, 6.45) is 0.563. The summed E-state index contributed by atoms with van der Waals surface area (Å²) in [5.74, 6) is -0.907. The van der Waals surface area contributed by atoms with Gasteiger partial charge >= 0.3 is 0 Å². The minimum atomic E-state index is -0.844. The van der Waals surface area contributed by atoms with Crippen LogP contribution in [0.5, 0.6) is 0 Å². The predicted molar refractivity (Wildman–Crippen MR) is 113 cm³/mol. The minimum absolute atomic E-state index is 0.165. The van der Waals surface area contributed by atoms with E-state index in [1.807, 2.05) is 32.9 Å². The first-order valence-corrected chi connectivity index (χ1v) is 10.1. The average Bonchev–Trinajstić information content (AvgIpc) is 3.17. The van der Waals surface area contributed by atoms with Crippen molar-refractivity contribution in [1.82, 2.24) is 4.98 Å². The quantitative estimate of drug-likeness (QED) is 0.372. The summed E-state index contributed by atoms with van der Waals surface area (Å²) >= 11 is 1.50. The number of nitrogens with zero attached hydrogens (tertiary/aromatic N) is 2. The van der Waals surface area contributed by atoms with Crippen molar-refractivity contribution in [2.24, 2.45) is 16.9 Å². The number of Topliss-reactive ketones (excluding diaryl/α,β-unsaturated/α-hetero) is 2. The molecular formula is C22H21N3O2S. The topological polar surface area (TPSA) is 71.4 Å². The van der Waals surface area contributed by atoms with Gasteiger partial charge in [-0.25, -0.2) is 4.98 Å². The van der Waals surface area contributed by atoms with E-state index in [9.17, 15) is 9.59 Å². The van der Waals surface area contributed by atoms with Crippen molar-refractivity contribution in [3.05, 3.63) is 59.2 Å². The normalized spacial score (nSPS) is 14.9. The highest BCUT2D eigenvalue weighted by atomic mass is 32.1. The number of ketones is 2. The average molecular weight is 391 g/mol. The van der Waals surface area contributed by atoms with Gasteiger partial charge in [-0.1, -0.05) is 55.5 Å². The van der Waals surface area contributed by atoms with Gasteiger partial charge in [0.1, 0.15) is 5.92 Å². The van der Waals surface area contributed by atoms with Crippen LogP contribution in [0.3, 0.4) is 0 Å². The standard InChI is InChI=1S/C22H21N3O2S/c1-12(2)10-17(19-20(26)14-6-4-5-7-15(14)21(19)27)24-25-22-23-16-9-8-13(3)11-18(16)28-22/h4-9,11-12,19H,10H2,1-3H3,(H,23,25). The van der Waals surface area contributed by atoms with Crippen LogP contribution in [0.1, 0.15) is 46.5 Å². The summed E-state index contributed by atoms with van der Waals surface area (Å²) in [6, 6.07) is 13.1. The van der Waals surface area contributed by atoms with Crippen LogP contribution in [-0.4, -0.2) is 22.3 Å². The van der Waals surface area contributed by atoms with Gasteiger partial charge < -0.3 is 0 Å². The van der Waals surface area contributed by atoms with Crippen LogP contribution in [0.2, 0.25) is 0 Å². The molecule has 0 amide bonds. The molecule has 0 saturated heterocycles. The molecule has 1 aliphatic rings. The zero-order valence-electron chi connectivity index (χ0n) is 16.0. The molecule has 0 bridgehead atoms. The lowest BCUT2D eigenvalue weighted by atomic mass is 9.91. The fourth-order valence-corrected chi connectivity index (χ4v) is 4.40. The number of nitrogens with one attached hydrogen (secondary N) is 1. The molecule has 0 saturated carbocycles. The maximum atomic E-state index is 12.9. The summed E-state index contributed by atoms with van der Waals surface area (Å²) in [7, 11) is 0. The zero-order chi connectivity index (χ0) is 19.8. The molecule has 5 nitrogen and oxygen atoms in total. The van der Waals surface area contributed by atoms with Crippen molar-refractivity contribution in [3.8, 4) is 0 Å². The third kappa shape index (κ3) is 3.36. The Balaban J connectivity index is 1.66. The second kappa shape index (κ2) is 7.28. The van der Waals surface area contributed by atoms with E-state index in [1.165, 1.54) is 16.9 Å². The van der Waals surface area contributed by atoms with E-state index in [-0.39, 0.29) is 17.5 Å². The zero-order valence-corrected chi connectivity index (χ0v) is 16.8. The minimum Gasteiger partial charge on any atom is -0.293 e. The van der Waals surface area contributed by atoms with Gasteiger partial charge in [-0.3, -0.25) is 15.0 Å². The predicted octanol–water partition coefficient (Wildman–Crippen LogP) is 5.11. The highest BCUT2D eigenvalue weighted by Crippen LogP contribution is 2.30. The molecule has 0 radical (unpaired) electrons. The number of aryl methyl sites for hydroxylation is 1. The Labute approximate surface area is 167 Å². The molecule has 0 atom stereocenters. The molecule has 1 N–H and O–H groups in total. The van der Waals surface area contributed by atoms with Crippen molar-refractivity contribution in [2.75, 3.05) is 5.43 Å². The molecule has 1 heterocycles. The van der Waals surface area contributed by atoms with Crippen LogP contribution < -0.4 is 5.43 Å². The highest BCUT2D eigenvalue weighted by Gasteiger charge is 2.41. The first-order valence-electron chi connectivity index (χ1n) is 9.31. The van der Waals surface area contributed by atoms with Gasteiger partial charge in [-0.2, -0.15) is 5.10 Å². The molecule has 0 spiro atoms. The lowest BCUT2D eigenvalue weighted by molar-refractivity contribution is 0.0882. The van der Waals surface area contributed by atoms with Crippen molar-refractivity contribution >= 4 is 44.0 Å². The van der Waals surface area contributed by atoms with E-state index >= 15 is 0 Å². The van der Waals surface area contributed by atoms with E-state index in [4.69, 9.17) is 0 Å². The lowest BCUT2D eigenvalue weighted by Crippen LogP contribution is -2.27. The van der Waals surface area contributed by atoms with Gasteiger partial charge in [-0.15, -0.1) is 0 Å². The fraction of sp³-hybridized carbons (Fsp3) is 0.273. The van der Waals surface area contributed by atoms with Gasteiger partial charge in [-0.05, 0) is 37.0 Å². The molecule has 1 aliphatic carbocycles. The summed E-state index contributed by atoms with van der Waals surface area (Å²) < 4.78 is 1.07. The van der Waals surface area contributed by atoms with Gasteiger partial charge in [0.25, 0.3) is 0 Å². The van der Waals surface area contributed by atoms with Crippen LogP contribution >= 0.6 is 11.3 Å². The maximum absolute atomic E-state index is 12.9. The molecule has 6 heteroatoms. The molecule has 142 valence electrons. The first-order chi connectivity index (χ1) is 13.4. The van der Waals surface area contributed by atoms with Crippen LogP contribution in [0, 0.1) is 18.8 Å². The van der Waals surface area contributed by atoms with Gasteiger partial charge in [0.2, 0.25) is 5.13 Å². The Kier molecular flexibility index (Phi) is 4.81. The summed E-state index contributed by atoms with van der Waals surface area (Å²) in [6.45, 7) is 6.14. The molecule has 0 fully saturated rings. The van der Waals surface area contributed by atoms with Crippen LogP contribution in [0.4, 0.5) is 5.13 Å². The second-order valence-corrected chi connectivity index (χ2v) is 8.54. The van der Waals surface area contributed by atoms with E-state index in [2.05, 4.69) is 21.6 Å². The molecule has 1 aromatic heterocycles. The Morgan fingerprint density at radius 2 is 1.82 bits per heavy atom. The Hall–Kier alpha value is -2.86. The third-order valence-corrected chi connectivity index (χ3v) is 5.69. The molecule has 28 heavy (non-hydrogen) atoms.